The zero-order valence-corrected chi connectivity index (χ0v) is 6.44. The summed E-state index contributed by atoms with van der Waals surface area (Å²) in [4.78, 5) is 0. The van der Waals surface area contributed by atoms with Gasteiger partial charge in [0.1, 0.15) is 0 Å². The second-order valence-electron chi connectivity index (χ2n) is 1.94. The molecule has 0 bridgehead atoms. The van der Waals surface area contributed by atoms with Crippen LogP contribution in [-0.2, 0) is 0 Å². The summed E-state index contributed by atoms with van der Waals surface area (Å²) in [6.07, 6.45) is 7.17. The van der Waals surface area contributed by atoms with E-state index in [2.05, 4.69) is 12.7 Å². The summed E-state index contributed by atoms with van der Waals surface area (Å²) in [5.41, 5.74) is 4.33. The minimum absolute atomic E-state index is 1.06. The van der Waals surface area contributed by atoms with E-state index < -0.39 is 0 Å². The van der Waals surface area contributed by atoms with E-state index >= 15 is 0 Å². The van der Waals surface area contributed by atoms with E-state index in [0.717, 1.165) is 6.42 Å². The summed E-state index contributed by atoms with van der Waals surface area (Å²) in [6.45, 7) is 6.17. The molecular weight excluding hydrogens is 108 g/mol. The van der Waals surface area contributed by atoms with Crippen molar-refractivity contribution >= 4 is 0 Å². The van der Waals surface area contributed by atoms with Gasteiger partial charge in [-0.2, -0.15) is 0 Å². The van der Waals surface area contributed by atoms with Crippen molar-refractivity contribution in [2.75, 3.05) is 0 Å². The zero-order chi connectivity index (χ0) is 7.11. The topological polar surface area (TPSA) is 0 Å². The van der Waals surface area contributed by atoms with Gasteiger partial charge in [-0.3, -0.25) is 0 Å². The van der Waals surface area contributed by atoms with Crippen LogP contribution in [0.2, 0.25) is 0 Å². The molecule has 50 valence electrons. The summed E-state index contributed by atoms with van der Waals surface area (Å²) < 4.78 is 0. The number of allylic oxidation sites excluding steroid dienone is 3. The molecule has 0 aliphatic rings. The monoisotopic (exact) mass is 122 g/mol. The average molecular weight is 122 g/mol. The highest BCUT2D eigenvalue weighted by molar-refractivity contribution is 5.14. The Balaban J connectivity index is 3.98. The van der Waals surface area contributed by atoms with Gasteiger partial charge < -0.3 is 0 Å². The Kier molecular flexibility index (Phi) is 4.95. The standard InChI is InChI=1S/C9H14/c1-4-6-8-9(3)7-5-2/h5-7H,4H2,1-3H3. The molecule has 0 amide bonds. The summed E-state index contributed by atoms with van der Waals surface area (Å²) in [7, 11) is 0. The van der Waals surface area contributed by atoms with Crippen LogP contribution in [0.1, 0.15) is 27.2 Å². The fourth-order valence-corrected chi connectivity index (χ4v) is 0.561. The van der Waals surface area contributed by atoms with Crippen LogP contribution in [-0.4, -0.2) is 0 Å². The molecule has 0 aromatic heterocycles. The minimum atomic E-state index is 1.06. The quantitative estimate of drug-likeness (QED) is 0.390. The first-order valence-electron chi connectivity index (χ1n) is 3.35. The maximum Gasteiger partial charge on any atom is -0.00980 e. The normalized spacial score (nSPS) is 9.22. The Hall–Kier alpha value is -0.740. The van der Waals surface area contributed by atoms with Gasteiger partial charge in [-0.1, -0.05) is 19.1 Å². The van der Waals surface area contributed by atoms with E-state index in [1.165, 1.54) is 5.57 Å². The van der Waals surface area contributed by atoms with Crippen molar-refractivity contribution in [1.29, 1.82) is 0 Å². The molecule has 0 heteroatoms. The lowest BCUT2D eigenvalue weighted by Gasteiger charge is -1.79. The van der Waals surface area contributed by atoms with Crippen LogP contribution in [0.25, 0.3) is 0 Å². The molecule has 0 aromatic carbocycles. The largest absolute Gasteiger partial charge is 0.122 e. The molecule has 0 saturated carbocycles. The molecule has 0 heterocycles. The van der Waals surface area contributed by atoms with Crippen LogP contribution in [0.15, 0.2) is 29.5 Å². The van der Waals surface area contributed by atoms with Gasteiger partial charge in [0.05, 0.1) is 0 Å². The minimum Gasteiger partial charge on any atom is -0.122 e. The van der Waals surface area contributed by atoms with Gasteiger partial charge in [-0.15, -0.1) is 5.73 Å². The van der Waals surface area contributed by atoms with Crippen molar-refractivity contribution in [2.24, 2.45) is 0 Å². The zero-order valence-electron chi connectivity index (χ0n) is 6.44. The van der Waals surface area contributed by atoms with Crippen LogP contribution < -0.4 is 0 Å². The molecule has 0 nitrogen and oxygen atoms in total. The third-order valence-electron chi connectivity index (χ3n) is 0.951. The Morgan fingerprint density at radius 3 is 2.67 bits per heavy atom. The van der Waals surface area contributed by atoms with Gasteiger partial charge in [0, 0.05) is 0 Å². The molecule has 0 atom stereocenters. The highest BCUT2D eigenvalue weighted by Gasteiger charge is 1.71. The molecule has 0 aliphatic carbocycles. The molecule has 0 unspecified atom stereocenters. The fourth-order valence-electron chi connectivity index (χ4n) is 0.561. The van der Waals surface area contributed by atoms with Crippen molar-refractivity contribution in [1.82, 2.24) is 0 Å². The lowest BCUT2D eigenvalue weighted by Crippen LogP contribution is -1.59. The predicted octanol–water partition coefficient (Wildman–Crippen LogP) is 3.07. The van der Waals surface area contributed by atoms with Gasteiger partial charge in [0.25, 0.3) is 0 Å². The molecule has 0 aliphatic heterocycles. The average Bonchev–Trinajstić information content (AvgIpc) is 1.85. The van der Waals surface area contributed by atoms with Crippen LogP contribution in [0.4, 0.5) is 0 Å². The lowest BCUT2D eigenvalue weighted by atomic mass is 10.3. The van der Waals surface area contributed by atoms with Crippen molar-refractivity contribution in [3.8, 4) is 0 Å². The van der Waals surface area contributed by atoms with E-state index in [1.807, 2.05) is 32.1 Å². The Labute approximate surface area is 57.6 Å². The molecule has 0 N–H and O–H groups in total. The van der Waals surface area contributed by atoms with Gasteiger partial charge in [0.15, 0.2) is 0 Å². The summed E-state index contributed by atoms with van der Waals surface area (Å²) in [5, 5.41) is 0. The predicted molar refractivity (Wildman–Crippen MR) is 42.4 cm³/mol. The molecular formula is C9H14. The SMILES string of the molecule is CC=CC(C)=C=CCC. The highest BCUT2D eigenvalue weighted by Crippen LogP contribution is 1.91. The highest BCUT2D eigenvalue weighted by atomic mass is 13.8. The Bertz CT molecular complexity index is 143. The first-order valence-corrected chi connectivity index (χ1v) is 3.35. The summed E-state index contributed by atoms with van der Waals surface area (Å²) >= 11 is 0. The number of hydrogen-bond donors (Lipinski definition) is 0. The third-order valence-corrected chi connectivity index (χ3v) is 0.951. The molecule has 0 rings (SSSR count). The second kappa shape index (κ2) is 5.40. The Morgan fingerprint density at radius 1 is 1.56 bits per heavy atom. The van der Waals surface area contributed by atoms with Gasteiger partial charge >= 0.3 is 0 Å². The van der Waals surface area contributed by atoms with Crippen LogP contribution in [0.3, 0.4) is 0 Å². The van der Waals surface area contributed by atoms with E-state index in [4.69, 9.17) is 0 Å². The van der Waals surface area contributed by atoms with Crippen LogP contribution >= 0.6 is 0 Å². The second-order valence-corrected chi connectivity index (χ2v) is 1.94. The van der Waals surface area contributed by atoms with Crippen molar-refractivity contribution in [2.45, 2.75) is 27.2 Å². The lowest BCUT2D eigenvalue weighted by molar-refractivity contribution is 1.22. The number of hydrogen-bond acceptors (Lipinski definition) is 0. The van der Waals surface area contributed by atoms with Crippen LogP contribution in [0, 0.1) is 0 Å². The van der Waals surface area contributed by atoms with Crippen molar-refractivity contribution < 1.29 is 0 Å². The maximum absolute atomic E-state index is 3.14. The van der Waals surface area contributed by atoms with Gasteiger partial charge in [0.2, 0.25) is 0 Å². The van der Waals surface area contributed by atoms with Crippen molar-refractivity contribution in [3.63, 3.8) is 0 Å². The van der Waals surface area contributed by atoms with Gasteiger partial charge in [-0.05, 0) is 31.9 Å². The van der Waals surface area contributed by atoms with E-state index in [0.29, 0.717) is 0 Å². The molecule has 0 radical (unpaired) electrons. The van der Waals surface area contributed by atoms with Gasteiger partial charge in [-0.25, -0.2) is 0 Å². The Morgan fingerprint density at radius 2 is 2.22 bits per heavy atom. The first-order chi connectivity index (χ1) is 4.31. The first kappa shape index (κ1) is 8.26. The molecule has 0 saturated heterocycles. The van der Waals surface area contributed by atoms with E-state index in [-0.39, 0.29) is 0 Å². The molecule has 0 fully saturated rings. The summed E-state index contributed by atoms with van der Waals surface area (Å²) in [5.74, 6) is 0. The van der Waals surface area contributed by atoms with E-state index in [1.54, 1.807) is 0 Å². The number of rotatable bonds is 2. The van der Waals surface area contributed by atoms with Crippen molar-refractivity contribution in [3.05, 3.63) is 29.5 Å². The van der Waals surface area contributed by atoms with E-state index in [9.17, 15) is 0 Å². The molecule has 0 aromatic rings. The smallest absolute Gasteiger partial charge is 0.00980 e. The third kappa shape index (κ3) is 5.13. The van der Waals surface area contributed by atoms with Crippen LogP contribution in [0.5, 0.6) is 0 Å². The fraction of sp³-hybridized carbons (Fsp3) is 0.444. The maximum atomic E-state index is 3.14. The summed E-state index contributed by atoms with van der Waals surface area (Å²) in [6, 6.07) is 0. The molecule has 0 spiro atoms. The molecule has 9 heavy (non-hydrogen) atoms.